The lowest BCUT2D eigenvalue weighted by molar-refractivity contribution is 0.809. The lowest BCUT2D eigenvalue weighted by atomic mass is 9.91. The van der Waals surface area contributed by atoms with E-state index < -0.39 is 0 Å². The molecular formula is C13H17N. The summed E-state index contributed by atoms with van der Waals surface area (Å²) < 4.78 is 0. The van der Waals surface area contributed by atoms with Crippen LogP contribution in [-0.2, 0) is 0 Å². The van der Waals surface area contributed by atoms with E-state index in [1.54, 1.807) is 0 Å². The van der Waals surface area contributed by atoms with Crippen LogP contribution in [0, 0.1) is 32.1 Å². The molecule has 0 saturated heterocycles. The zero-order valence-corrected chi connectivity index (χ0v) is 9.39. The zero-order chi connectivity index (χ0) is 10.7. The summed E-state index contributed by atoms with van der Waals surface area (Å²) in [5, 5.41) is 9.01. The minimum absolute atomic E-state index is 0.0503. The van der Waals surface area contributed by atoms with Gasteiger partial charge in [0.15, 0.2) is 0 Å². The van der Waals surface area contributed by atoms with Gasteiger partial charge in [0.2, 0.25) is 0 Å². The van der Waals surface area contributed by atoms with Gasteiger partial charge < -0.3 is 0 Å². The van der Waals surface area contributed by atoms with E-state index >= 15 is 0 Å². The Bertz CT molecular complexity index is 372. The lowest BCUT2D eigenvalue weighted by Gasteiger charge is -2.13. The molecule has 0 N–H and O–H groups in total. The van der Waals surface area contributed by atoms with E-state index in [1.165, 1.54) is 22.3 Å². The Kier molecular flexibility index (Phi) is 3.30. The fourth-order valence-electron chi connectivity index (χ4n) is 1.74. The molecule has 0 spiro atoms. The highest BCUT2D eigenvalue weighted by molar-refractivity contribution is 5.40. The van der Waals surface area contributed by atoms with Crippen molar-refractivity contribution >= 4 is 0 Å². The molecule has 1 aromatic rings. The molecule has 0 radical (unpaired) electrons. The molecular weight excluding hydrogens is 170 g/mol. The average molecular weight is 187 g/mol. The van der Waals surface area contributed by atoms with Crippen molar-refractivity contribution in [3.63, 3.8) is 0 Å². The minimum Gasteiger partial charge on any atom is -0.198 e. The topological polar surface area (TPSA) is 23.8 Å². The van der Waals surface area contributed by atoms with Gasteiger partial charge in [-0.3, -0.25) is 0 Å². The van der Waals surface area contributed by atoms with E-state index in [4.69, 9.17) is 5.26 Å². The third kappa shape index (κ3) is 1.96. The van der Waals surface area contributed by atoms with Gasteiger partial charge in [0.05, 0.1) is 12.0 Å². The maximum atomic E-state index is 9.01. The van der Waals surface area contributed by atoms with Crippen LogP contribution in [0.5, 0.6) is 0 Å². The minimum atomic E-state index is 0.0503. The lowest BCUT2D eigenvalue weighted by Crippen LogP contribution is -1.99. The Morgan fingerprint density at radius 1 is 1.14 bits per heavy atom. The van der Waals surface area contributed by atoms with Crippen LogP contribution in [0.3, 0.4) is 0 Å². The van der Waals surface area contributed by atoms with Gasteiger partial charge in [0, 0.05) is 0 Å². The van der Waals surface area contributed by atoms with Crippen LogP contribution >= 0.6 is 0 Å². The van der Waals surface area contributed by atoms with E-state index in [2.05, 4.69) is 45.9 Å². The number of hydrogen-bond acceptors (Lipinski definition) is 1. The molecule has 0 saturated carbocycles. The molecule has 1 unspecified atom stereocenters. The van der Waals surface area contributed by atoms with Crippen LogP contribution in [0.25, 0.3) is 0 Å². The van der Waals surface area contributed by atoms with E-state index in [1.807, 2.05) is 0 Å². The second kappa shape index (κ2) is 4.28. The normalized spacial score (nSPS) is 12.2. The average Bonchev–Trinajstić information content (AvgIpc) is 2.15. The number of rotatable bonds is 2. The zero-order valence-electron chi connectivity index (χ0n) is 9.39. The smallest absolute Gasteiger partial charge is 0.0712 e. The van der Waals surface area contributed by atoms with E-state index in [0.29, 0.717) is 0 Å². The standard InChI is InChI=1S/C13H17N/c1-5-12(8-14)13-7-10(3)9(2)6-11(13)4/h6-7,12H,5H2,1-4H3. The molecule has 1 aromatic carbocycles. The molecule has 1 nitrogen and oxygen atoms in total. The summed E-state index contributed by atoms with van der Waals surface area (Å²) in [5.41, 5.74) is 5.01. The Hall–Kier alpha value is -1.29. The maximum Gasteiger partial charge on any atom is 0.0712 e. The van der Waals surface area contributed by atoms with Crippen molar-refractivity contribution in [1.29, 1.82) is 5.26 Å². The van der Waals surface area contributed by atoms with Gasteiger partial charge in [-0.15, -0.1) is 0 Å². The van der Waals surface area contributed by atoms with Crippen molar-refractivity contribution in [2.75, 3.05) is 0 Å². The first-order valence-electron chi connectivity index (χ1n) is 5.07. The molecule has 1 atom stereocenters. The molecule has 1 heteroatoms. The monoisotopic (exact) mass is 187 g/mol. The van der Waals surface area contributed by atoms with Gasteiger partial charge in [-0.2, -0.15) is 5.26 Å². The number of nitriles is 1. The van der Waals surface area contributed by atoms with Crippen LogP contribution < -0.4 is 0 Å². The summed E-state index contributed by atoms with van der Waals surface area (Å²) in [4.78, 5) is 0. The van der Waals surface area contributed by atoms with E-state index in [9.17, 15) is 0 Å². The van der Waals surface area contributed by atoms with Gasteiger partial charge in [0.25, 0.3) is 0 Å². The Morgan fingerprint density at radius 2 is 1.71 bits per heavy atom. The predicted molar refractivity (Wildman–Crippen MR) is 59.3 cm³/mol. The van der Waals surface area contributed by atoms with Crippen LogP contribution in [0.4, 0.5) is 0 Å². The van der Waals surface area contributed by atoms with E-state index in [0.717, 1.165) is 6.42 Å². The van der Waals surface area contributed by atoms with Gasteiger partial charge in [0.1, 0.15) is 0 Å². The maximum absolute atomic E-state index is 9.01. The van der Waals surface area contributed by atoms with Crippen LogP contribution in [0.2, 0.25) is 0 Å². The summed E-state index contributed by atoms with van der Waals surface area (Å²) in [5.74, 6) is 0.0503. The Labute approximate surface area is 86.4 Å². The molecule has 0 aliphatic heterocycles. The molecule has 14 heavy (non-hydrogen) atoms. The summed E-state index contributed by atoms with van der Waals surface area (Å²) in [6.07, 6.45) is 0.889. The van der Waals surface area contributed by atoms with Gasteiger partial charge >= 0.3 is 0 Å². The highest BCUT2D eigenvalue weighted by Gasteiger charge is 2.11. The third-order valence-electron chi connectivity index (χ3n) is 2.82. The fourth-order valence-corrected chi connectivity index (χ4v) is 1.74. The number of nitrogens with zero attached hydrogens (tertiary/aromatic N) is 1. The third-order valence-corrected chi connectivity index (χ3v) is 2.82. The van der Waals surface area contributed by atoms with Crippen molar-refractivity contribution in [3.05, 3.63) is 34.4 Å². The highest BCUT2D eigenvalue weighted by atomic mass is 14.3. The summed E-state index contributed by atoms with van der Waals surface area (Å²) >= 11 is 0. The van der Waals surface area contributed by atoms with Crippen molar-refractivity contribution < 1.29 is 0 Å². The quantitative estimate of drug-likeness (QED) is 0.693. The second-order valence-corrected chi connectivity index (χ2v) is 3.88. The molecule has 74 valence electrons. The SMILES string of the molecule is CCC(C#N)c1cc(C)c(C)cc1C. The molecule has 0 aliphatic rings. The largest absolute Gasteiger partial charge is 0.198 e. The summed E-state index contributed by atoms with van der Waals surface area (Å²) in [7, 11) is 0. The predicted octanol–water partition coefficient (Wildman–Crippen LogP) is 3.63. The summed E-state index contributed by atoms with van der Waals surface area (Å²) in [6.45, 7) is 8.35. The number of aryl methyl sites for hydroxylation is 3. The molecule has 0 aliphatic carbocycles. The van der Waals surface area contributed by atoms with Crippen LogP contribution in [0.1, 0.15) is 41.5 Å². The highest BCUT2D eigenvalue weighted by Crippen LogP contribution is 2.25. The van der Waals surface area contributed by atoms with Crippen molar-refractivity contribution in [1.82, 2.24) is 0 Å². The Balaban J connectivity index is 3.22. The molecule has 0 aromatic heterocycles. The number of benzene rings is 1. The van der Waals surface area contributed by atoms with Crippen molar-refractivity contribution in [2.45, 2.75) is 40.0 Å². The Morgan fingerprint density at radius 3 is 2.21 bits per heavy atom. The van der Waals surface area contributed by atoms with Crippen molar-refractivity contribution in [3.8, 4) is 6.07 Å². The summed E-state index contributed by atoms with van der Waals surface area (Å²) in [6, 6.07) is 6.68. The molecule has 1 rings (SSSR count). The van der Waals surface area contributed by atoms with Crippen LogP contribution in [-0.4, -0.2) is 0 Å². The number of hydrogen-bond donors (Lipinski definition) is 0. The second-order valence-electron chi connectivity index (χ2n) is 3.88. The first-order valence-corrected chi connectivity index (χ1v) is 5.07. The van der Waals surface area contributed by atoms with Crippen LogP contribution in [0.15, 0.2) is 12.1 Å². The molecule has 0 bridgehead atoms. The first-order chi connectivity index (χ1) is 6.60. The molecule has 0 heterocycles. The van der Waals surface area contributed by atoms with Gasteiger partial charge in [-0.25, -0.2) is 0 Å². The fraction of sp³-hybridized carbons (Fsp3) is 0.462. The van der Waals surface area contributed by atoms with Gasteiger partial charge in [-0.1, -0.05) is 19.1 Å². The first kappa shape index (κ1) is 10.8. The molecule has 0 fully saturated rings. The van der Waals surface area contributed by atoms with E-state index in [-0.39, 0.29) is 5.92 Å². The van der Waals surface area contributed by atoms with Crippen molar-refractivity contribution in [2.24, 2.45) is 0 Å². The molecule has 0 amide bonds. The van der Waals surface area contributed by atoms with Gasteiger partial charge in [-0.05, 0) is 49.4 Å².